The van der Waals surface area contributed by atoms with E-state index >= 15 is 0 Å². The van der Waals surface area contributed by atoms with Crippen LogP contribution in [-0.4, -0.2) is 12.0 Å². The molecule has 0 bridgehead atoms. The second-order valence-electron chi connectivity index (χ2n) is 1.17. The van der Waals surface area contributed by atoms with Crippen molar-refractivity contribution < 1.29 is 14.7 Å². The number of nitriles is 1. The van der Waals surface area contributed by atoms with Gasteiger partial charge in [-0.25, -0.2) is 0 Å². The fraction of sp³-hybridized carbons (Fsp3) is 0.250. The molecule has 5 heteroatoms. The third-order valence-electron chi connectivity index (χ3n) is 0.481. The highest BCUT2D eigenvalue weighted by Gasteiger charge is 1.96. The van der Waals surface area contributed by atoms with Crippen molar-refractivity contribution in [2.75, 3.05) is 0 Å². The Kier molecular flexibility index (Phi) is 2.84. The first kappa shape index (κ1) is 7.43. The van der Waals surface area contributed by atoms with Gasteiger partial charge in [-0.05, 0) is 0 Å². The summed E-state index contributed by atoms with van der Waals surface area (Å²) in [5, 5.41) is 18.7. The molecule has 0 aromatic carbocycles. The number of hydrogen-bond donors (Lipinski definition) is 1. The van der Waals surface area contributed by atoms with Crippen LogP contribution in [0, 0.1) is 11.3 Å². The van der Waals surface area contributed by atoms with Gasteiger partial charge in [-0.2, -0.15) is 5.26 Å². The van der Waals surface area contributed by atoms with E-state index in [-0.39, 0.29) is 0 Å². The van der Waals surface area contributed by atoms with Gasteiger partial charge in [0.15, 0.2) is 0 Å². The summed E-state index contributed by atoms with van der Waals surface area (Å²) in [5.41, 5.74) is 0. The zero-order valence-corrected chi connectivity index (χ0v) is 4.38. The van der Waals surface area contributed by atoms with Gasteiger partial charge in [0.25, 0.3) is 0 Å². The van der Waals surface area contributed by atoms with Crippen LogP contribution in [0.5, 0.6) is 0 Å². The van der Waals surface area contributed by atoms with E-state index in [0.717, 1.165) is 0 Å². The minimum Gasteiger partial charge on any atom is -0.530 e. The highest BCUT2D eigenvalue weighted by Crippen LogP contribution is 1.71. The monoisotopic (exact) mass is 127 g/mol. The summed E-state index contributed by atoms with van der Waals surface area (Å²) in [6.07, 6.45) is -2.15. The smallest absolute Gasteiger partial charge is 0.239 e. The summed E-state index contributed by atoms with van der Waals surface area (Å²) >= 11 is 0. The molecule has 0 aliphatic carbocycles. The van der Waals surface area contributed by atoms with Crippen LogP contribution in [0.25, 0.3) is 0 Å². The van der Waals surface area contributed by atoms with Crippen LogP contribution in [0.2, 0.25) is 0 Å². The maximum atomic E-state index is 10.1. The lowest BCUT2D eigenvalue weighted by atomic mass is 10.4. The van der Waals surface area contributed by atoms with Crippen molar-refractivity contribution >= 4 is 12.0 Å². The van der Waals surface area contributed by atoms with E-state index in [4.69, 9.17) is 5.26 Å². The molecule has 0 fully saturated rings. The van der Waals surface area contributed by atoms with E-state index in [2.05, 4.69) is 0 Å². The molecule has 0 aromatic rings. The molecule has 0 saturated heterocycles. The van der Waals surface area contributed by atoms with Gasteiger partial charge >= 0.3 is 0 Å². The Morgan fingerprint density at radius 3 is 2.56 bits per heavy atom. The van der Waals surface area contributed by atoms with Gasteiger partial charge in [-0.15, -0.1) is 0 Å². The second-order valence-corrected chi connectivity index (χ2v) is 1.17. The number of amides is 2. The minimum absolute atomic E-state index is 0.464. The lowest BCUT2D eigenvalue weighted by Crippen LogP contribution is -2.40. The molecule has 0 spiro atoms. The van der Waals surface area contributed by atoms with Gasteiger partial charge in [-0.3, -0.25) is 4.79 Å². The van der Waals surface area contributed by atoms with Crippen LogP contribution in [0.1, 0.15) is 6.42 Å². The van der Waals surface area contributed by atoms with Crippen LogP contribution in [0.4, 0.5) is 4.79 Å². The molecule has 5 nitrogen and oxygen atoms in total. The number of rotatable bonds is 1. The molecule has 0 saturated carbocycles. The minimum atomic E-state index is -1.68. The van der Waals surface area contributed by atoms with E-state index in [9.17, 15) is 14.7 Å². The van der Waals surface area contributed by atoms with Gasteiger partial charge in [0.05, 0.1) is 6.07 Å². The molecule has 1 N–H and O–H groups in total. The number of imide groups is 1. The number of carbonyl (C=O) groups excluding carboxylic acids is 2. The van der Waals surface area contributed by atoms with Crippen molar-refractivity contribution in [1.29, 1.82) is 5.26 Å². The van der Waals surface area contributed by atoms with E-state index in [1.165, 1.54) is 11.4 Å². The van der Waals surface area contributed by atoms with Crippen molar-refractivity contribution in [3.8, 4) is 6.07 Å². The normalized spacial score (nSPS) is 7.44. The van der Waals surface area contributed by atoms with Crippen LogP contribution in [-0.2, 0) is 4.79 Å². The summed E-state index contributed by atoms with van der Waals surface area (Å²) in [7, 11) is 0. The van der Waals surface area contributed by atoms with Crippen LogP contribution in [0.3, 0.4) is 0 Å². The average Bonchev–Trinajstić information content (AvgIpc) is 1.63. The Hall–Kier alpha value is -1.57. The Morgan fingerprint density at radius 1 is 1.67 bits per heavy atom. The molecular weight excluding hydrogens is 124 g/mol. The first-order valence-corrected chi connectivity index (χ1v) is 2.04. The van der Waals surface area contributed by atoms with Crippen LogP contribution < -0.4 is 10.4 Å². The molecular formula is C4H3N2O3-. The third kappa shape index (κ3) is 4.28. The molecule has 0 radical (unpaired) electrons. The van der Waals surface area contributed by atoms with Crippen molar-refractivity contribution in [3.63, 3.8) is 0 Å². The predicted molar refractivity (Wildman–Crippen MR) is 23.8 cm³/mol. The van der Waals surface area contributed by atoms with Gasteiger partial charge in [0, 0.05) is 0 Å². The molecule has 0 unspecified atom stereocenters. The summed E-state index contributed by atoms with van der Waals surface area (Å²) in [6, 6.07) is 1.47. The first-order chi connectivity index (χ1) is 4.16. The first-order valence-electron chi connectivity index (χ1n) is 2.04. The highest BCUT2D eigenvalue weighted by molar-refractivity contribution is 5.90. The fourth-order valence-electron chi connectivity index (χ4n) is 0.230. The zero-order valence-electron chi connectivity index (χ0n) is 4.38. The predicted octanol–water partition coefficient (Wildman–Crippen LogP) is -1.64. The molecule has 0 aliphatic rings. The maximum Gasteiger partial charge on any atom is 0.239 e. The van der Waals surface area contributed by atoms with E-state index in [0.29, 0.717) is 0 Å². The lowest BCUT2D eigenvalue weighted by molar-refractivity contribution is -0.250. The largest absolute Gasteiger partial charge is 0.530 e. The third-order valence-corrected chi connectivity index (χ3v) is 0.481. The topological polar surface area (TPSA) is 93.0 Å². The molecule has 0 rings (SSSR count). The number of carbonyl (C=O) groups is 2. The van der Waals surface area contributed by atoms with Crippen molar-refractivity contribution in [3.05, 3.63) is 0 Å². The Bertz CT molecular complexity index is 169. The van der Waals surface area contributed by atoms with E-state index in [1.54, 1.807) is 0 Å². The van der Waals surface area contributed by atoms with E-state index in [1.807, 2.05) is 0 Å². The van der Waals surface area contributed by atoms with Crippen LogP contribution in [0.15, 0.2) is 0 Å². The molecule has 48 valence electrons. The lowest BCUT2D eigenvalue weighted by Gasteiger charge is -1.99. The molecule has 0 atom stereocenters. The molecule has 0 aromatic heterocycles. The number of nitrogens with one attached hydrogen (secondary N) is 1. The Morgan fingerprint density at radius 2 is 2.22 bits per heavy atom. The van der Waals surface area contributed by atoms with Crippen LogP contribution >= 0.6 is 0 Å². The Balaban J connectivity index is 3.54. The average molecular weight is 127 g/mol. The number of hydrogen-bond acceptors (Lipinski definition) is 4. The summed E-state index contributed by atoms with van der Waals surface area (Å²) < 4.78 is 0. The summed E-state index contributed by atoms with van der Waals surface area (Å²) in [6.45, 7) is 0. The zero-order chi connectivity index (χ0) is 7.28. The quantitative estimate of drug-likeness (QED) is 0.457. The van der Waals surface area contributed by atoms with Gasteiger partial charge < -0.3 is 15.2 Å². The molecule has 0 aliphatic heterocycles. The van der Waals surface area contributed by atoms with Gasteiger partial charge in [-0.1, -0.05) is 0 Å². The van der Waals surface area contributed by atoms with E-state index < -0.39 is 18.4 Å². The summed E-state index contributed by atoms with van der Waals surface area (Å²) in [4.78, 5) is 19.6. The molecule has 9 heavy (non-hydrogen) atoms. The summed E-state index contributed by atoms with van der Waals surface area (Å²) in [5.74, 6) is -0.863. The van der Waals surface area contributed by atoms with Crippen molar-refractivity contribution in [1.82, 2.24) is 5.32 Å². The fourth-order valence-corrected chi connectivity index (χ4v) is 0.230. The SMILES string of the molecule is N#CCC(=O)NC(=O)[O-]. The highest BCUT2D eigenvalue weighted by atomic mass is 16.4. The van der Waals surface area contributed by atoms with Gasteiger partial charge in [0.2, 0.25) is 5.91 Å². The maximum absolute atomic E-state index is 10.1. The van der Waals surface area contributed by atoms with Gasteiger partial charge in [0.1, 0.15) is 12.5 Å². The number of nitrogens with zero attached hydrogens (tertiary/aromatic N) is 1. The molecule has 2 amide bonds. The van der Waals surface area contributed by atoms with Crippen molar-refractivity contribution in [2.45, 2.75) is 6.42 Å². The molecule has 0 heterocycles. The Labute approximate surface area is 50.9 Å². The second kappa shape index (κ2) is 3.43. The number of carboxylic acid groups (broad SMARTS) is 1. The standard InChI is InChI=1S/C4H4N2O3/c5-2-1-3(7)6-4(8)9/h1H2,(H,6,7)(H,8,9)/p-1. The van der Waals surface area contributed by atoms with Crippen molar-refractivity contribution in [2.24, 2.45) is 0 Å².